The van der Waals surface area contributed by atoms with Gasteiger partial charge in [0.2, 0.25) is 0 Å². The van der Waals surface area contributed by atoms with Crippen LogP contribution in [0.5, 0.6) is 5.75 Å². The van der Waals surface area contributed by atoms with Crippen molar-refractivity contribution < 1.29 is 14.3 Å². The number of aryl methyl sites for hydroxylation is 1. The highest BCUT2D eigenvalue weighted by Gasteiger charge is 2.27. The SMILES string of the molecule is CCN(CC)CCCNC(=O)c1c(NC(=O)c2ccccc2OC)sc2c1CCCC2. The van der Waals surface area contributed by atoms with Crippen LogP contribution in [0.3, 0.4) is 0 Å². The van der Waals surface area contributed by atoms with Crippen molar-refractivity contribution >= 4 is 28.2 Å². The van der Waals surface area contributed by atoms with Crippen molar-refractivity contribution in [1.29, 1.82) is 0 Å². The first-order valence-corrected chi connectivity index (χ1v) is 12.0. The number of ether oxygens (including phenoxy) is 1. The van der Waals surface area contributed by atoms with Gasteiger partial charge in [-0.1, -0.05) is 26.0 Å². The standard InChI is InChI=1S/C24H33N3O3S/c1-4-27(5-2)16-10-15-25-23(29)21-18-12-7-9-14-20(18)31-24(21)26-22(28)17-11-6-8-13-19(17)30-3/h6,8,11,13H,4-5,7,9-10,12,14-16H2,1-3H3,(H,25,29)(H,26,28). The average Bonchev–Trinajstić information content (AvgIpc) is 3.16. The van der Waals surface area contributed by atoms with E-state index in [1.807, 2.05) is 6.07 Å². The van der Waals surface area contributed by atoms with Crippen LogP contribution >= 0.6 is 11.3 Å². The van der Waals surface area contributed by atoms with Gasteiger partial charge in [-0.3, -0.25) is 9.59 Å². The molecule has 0 unspecified atom stereocenters. The summed E-state index contributed by atoms with van der Waals surface area (Å²) >= 11 is 1.54. The number of fused-ring (bicyclic) bond motifs is 1. The highest BCUT2D eigenvalue weighted by atomic mass is 32.1. The number of hydrogen-bond donors (Lipinski definition) is 2. The van der Waals surface area contributed by atoms with Crippen molar-refractivity contribution in [2.75, 3.05) is 38.6 Å². The Labute approximate surface area is 189 Å². The Kier molecular flexibility index (Phi) is 8.49. The molecule has 0 fully saturated rings. The van der Waals surface area contributed by atoms with Gasteiger partial charge < -0.3 is 20.3 Å². The Morgan fingerprint density at radius 3 is 2.58 bits per heavy atom. The summed E-state index contributed by atoms with van der Waals surface area (Å²) in [6, 6.07) is 7.13. The molecule has 2 N–H and O–H groups in total. The molecule has 1 aromatic carbocycles. The molecule has 3 rings (SSSR count). The predicted octanol–water partition coefficient (Wildman–Crippen LogP) is 4.35. The van der Waals surface area contributed by atoms with E-state index in [0.717, 1.165) is 57.3 Å². The summed E-state index contributed by atoms with van der Waals surface area (Å²) in [6.07, 6.45) is 4.96. The van der Waals surface area contributed by atoms with Crippen molar-refractivity contribution in [3.8, 4) is 5.75 Å². The first-order chi connectivity index (χ1) is 15.1. The third-order valence-electron chi connectivity index (χ3n) is 5.81. The molecule has 1 aliphatic carbocycles. The zero-order valence-electron chi connectivity index (χ0n) is 18.8. The Bertz CT molecular complexity index is 905. The van der Waals surface area contributed by atoms with E-state index in [2.05, 4.69) is 29.4 Å². The molecular weight excluding hydrogens is 410 g/mol. The normalized spacial score (nSPS) is 13.0. The van der Waals surface area contributed by atoms with Gasteiger partial charge in [-0.2, -0.15) is 0 Å². The average molecular weight is 444 g/mol. The van der Waals surface area contributed by atoms with Gasteiger partial charge in [0.1, 0.15) is 10.8 Å². The molecule has 2 aromatic rings. The maximum atomic E-state index is 13.1. The van der Waals surface area contributed by atoms with Crippen molar-refractivity contribution in [2.45, 2.75) is 46.0 Å². The fraction of sp³-hybridized carbons (Fsp3) is 0.500. The molecule has 31 heavy (non-hydrogen) atoms. The number of anilines is 1. The number of methoxy groups -OCH3 is 1. The van der Waals surface area contributed by atoms with Crippen LogP contribution in [0.2, 0.25) is 0 Å². The minimum atomic E-state index is -0.258. The Morgan fingerprint density at radius 1 is 1.10 bits per heavy atom. The number of hydrogen-bond acceptors (Lipinski definition) is 5. The summed E-state index contributed by atoms with van der Waals surface area (Å²) in [6.45, 7) is 7.92. The lowest BCUT2D eigenvalue weighted by molar-refractivity contribution is 0.0952. The first kappa shape index (κ1) is 23.3. The maximum absolute atomic E-state index is 13.1. The van der Waals surface area contributed by atoms with Crippen LogP contribution in [0, 0.1) is 0 Å². The van der Waals surface area contributed by atoms with Gasteiger partial charge in [0.15, 0.2) is 0 Å². The van der Waals surface area contributed by atoms with Gasteiger partial charge in [0.25, 0.3) is 11.8 Å². The summed E-state index contributed by atoms with van der Waals surface area (Å²) in [5.41, 5.74) is 2.21. The molecule has 6 nitrogen and oxygen atoms in total. The van der Waals surface area contributed by atoms with Crippen LogP contribution in [0.4, 0.5) is 5.00 Å². The molecule has 1 aromatic heterocycles. The number of benzene rings is 1. The van der Waals surface area contributed by atoms with E-state index in [1.54, 1.807) is 25.3 Å². The second-order valence-corrected chi connectivity index (χ2v) is 8.81. The lowest BCUT2D eigenvalue weighted by Crippen LogP contribution is -2.30. The van der Waals surface area contributed by atoms with E-state index in [0.29, 0.717) is 28.4 Å². The van der Waals surface area contributed by atoms with Gasteiger partial charge in [0, 0.05) is 11.4 Å². The molecule has 0 radical (unpaired) electrons. The fourth-order valence-electron chi connectivity index (χ4n) is 4.03. The quantitative estimate of drug-likeness (QED) is 0.536. The second kappa shape index (κ2) is 11.3. The molecule has 2 amide bonds. The maximum Gasteiger partial charge on any atom is 0.260 e. The minimum Gasteiger partial charge on any atom is -0.496 e. The van der Waals surface area contributed by atoms with Gasteiger partial charge in [0.05, 0.1) is 18.2 Å². The number of rotatable bonds is 10. The van der Waals surface area contributed by atoms with Crippen LogP contribution in [0.15, 0.2) is 24.3 Å². The number of carbonyl (C=O) groups is 2. The number of thiophene rings is 1. The molecule has 0 saturated heterocycles. The molecule has 0 atom stereocenters. The number of para-hydroxylation sites is 1. The molecular formula is C24H33N3O3S. The van der Waals surface area contributed by atoms with Crippen molar-refractivity contribution in [3.63, 3.8) is 0 Å². The van der Waals surface area contributed by atoms with E-state index in [4.69, 9.17) is 4.74 Å². The second-order valence-electron chi connectivity index (χ2n) is 7.71. The lowest BCUT2D eigenvalue weighted by atomic mass is 9.95. The largest absolute Gasteiger partial charge is 0.496 e. The minimum absolute atomic E-state index is 0.0886. The summed E-state index contributed by atoms with van der Waals surface area (Å²) in [5.74, 6) is 0.171. The van der Waals surface area contributed by atoms with Gasteiger partial charge in [-0.05, 0) is 69.4 Å². The highest BCUT2D eigenvalue weighted by molar-refractivity contribution is 7.17. The number of nitrogens with one attached hydrogen (secondary N) is 2. The fourth-order valence-corrected chi connectivity index (χ4v) is 5.31. The molecule has 1 aliphatic rings. The van der Waals surface area contributed by atoms with E-state index in [1.165, 1.54) is 16.2 Å². The van der Waals surface area contributed by atoms with Crippen molar-refractivity contribution in [3.05, 3.63) is 45.8 Å². The monoisotopic (exact) mass is 443 g/mol. The van der Waals surface area contributed by atoms with Crippen LogP contribution in [-0.4, -0.2) is 50.0 Å². The van der Waals surface area contributed by atoms with Gasteiger partial charge >= 0.3 is 0 Å². The number of carbonyl (C=O) groups excluding carboxylic acids is 2. The van der Waals surface area contributed by atoms with E-state index in [9.17, 15) is 9.59 Å². The smallest absolute Gasteiger partial charge is 0.260 e. The Balaban J connectivity index is 1.76. The number of nitrogens with zero attached hydrogens (tertiary/aromatic N) is 1. The third kappa shape index (κ3) is 5.66. The van der Waals surface area contributed by atoms with E-state index >= 15 is 0 Å². The lowest BCUT2D eigenvalue weighted by Gasteiger charge is -2.18. The summed E-state index contributed by atoms with van der Waals surface area (Å²) < 4.78 is 5.33. The predicted molar refractivity (Wildman–Crippen MR) is 127 cm³/mol. The summed E-state index contributed by atoms with van der Waals surface area (Å²) in [5, 5.41) is 6.72. The third-order valence-corrected chi connectivity index (χ3v) is 7.02. The van der Waals surface area contributed by atoms with Crippen LogP contribution in [0.25, 0.3) is 0 Å². The zero-order chi connectivity index (χ0) is 22.2. The van der Waals surface area contributed by atoms with Crippen molar-refractivity contribution in [1.82, 2.24) is 10.2 Å². The zero-order valence-corrected chi connectivity index (χ0v) is 19.6. The summed E-state index contributed by atoms with van der Waals surface area (Å²) in [7, 11) is 1.55. The Hall–Kier alpha value is -2.38. The Morgan fingerprint density at radius 2 is 1.84 bits per heavy atom. The number of amides is 2. The molecule has 0 spiro atoms. The van der Waals surface area contributed by atoms with Gasteiger partial charge in [-0.25, -0.2) is 0 Å². The van der Waals surface area contributed by atoms with Crippen LogP contribution in [0.1, 0.15) is 64.3 Å². The highest BCUT2D eigenvalue weighted by Crippen LogP contribution is 2.38. The molecule has 168 valence electrons. The molecule has 1 heterocycles. The van der Waals surface area contributed by atoms with Gasteiger partial charge in [-0.15, -0.1) is 11.3 Å². The van der Waals surface area contributed by atoms with Crippen LogP contribution < -0.4 is 15.4 Å². The topological polar surface area (TPSA) is 70.7 Å². The van der Waals surface area contributed by atoms with Crippen molar-refractivity contribution in [2.24, 2.45) is 0 Å². The van der Waals surface area contributed by atoms with E-state index < -0.39 is 0 Å². The van der Waals surface area contributed by atoms with Crippen LogP contribution in [-0.2, 0) is 12.8 Å². The first-order valence-electron chi connectivity index (χ1n) is 11.2. The summed E-state index contributed by atoms with van der Waals surface area (Å²) in [4.78, 5) is 29.7. The van der Waals surface area contributed by atoms with E-state index in [-0.39, 0.29) is 11.8 Å². The molecule has 0 aliphatic heterocycles. The molecule has 7 heteroatoms. The molecule has 0 saturated carbocycles. The molecule has 0 bridgehead atoms.